The molecule has 1 saturated carbocycles. The maximum atomic E-state index is 12.2. The van der Waals surface area contributed by atoms with Crippen LogP contribution >= 0.6 is 0 Å². The Bertz CT molecular complexity index is 816. The minimum Gasteiger partial charge on any atom is -0.360 e. The van der Waals surface area contributed by atoms with E-state index >= 15 is 0 Å². The molecular weight excluding hydrogens is 280 g/mol. The molecule has 6 heteroatoms. The molecule has 4 rings (SSSR count). The van der Waals surface area contributed by atoms with Gasteiger partial charge in [0.05, 0.1) is 5.56 Å². The van der Waals surface area contributed by atoms with Gasteiger partial charge in [-0.2, -0.15) is 4.98 Å². The van der Waals surface area contributed by atoms with Crippen LogP contribution in [0.2, 0.25) is 0 Å². The summed E-state index contributed by atoms with van der Waals surface area (Å²) in [4.78, 5) is 19.7. The molecule has 2 aromatic heterocycles. The van der Waals surface area contributed by atoms with Crippen LogP contribution in [0.15, 0.2) is 35.0 Å². The van der Waals surface area contributed by atoms with Crippen molar-refractivity contribution in [1.29, 1.82) is 0 Å². The van der Waals surface area contributed by atoms with Crippen molar-refractivity contribution in [2.45, 2.75) is 25.2 Å². The molecular formula is C16H16N4O2. The number of aromatic nitrogens is 3. The van der Waals surface area contributed by atoms with Crippen LogP contribution in [0, 0.1) is 0 Å². The minimum absolute atomic E-state index is 0.0978. The van der Waals surface area contributed by atoms with Gasteiger partial charge in [0.25, 0.3) is 5.91 Å². The first-order valence-electron chi connectivity index (χ1n) is 7.48. The van der Waals surface area contributed by atoms with Crippen LogP contribution < -0.4 is 5.32 Å². The van der Waals surface area contributed by atoms with E-state index in [4.69, 9.17) is 4.52 Å². The van der Waals surface area contributed by atoms with Gasteiger partial charge in [-0.3, -0.25) is 4.79 Å². The maximum Gasteiger partial charge on any atom is 0.253 e. The van der Waals surface area contributed by atoms with Crippen LogP contribution in [0.4, 0.5) is 0 Å². The molecule has 6 nitrogen and oxygen atoms in total. The lowest BCUT2D eigenvalue weighted by atomic mass is 10.1. The molecule has 0 saturated heterocycles. The predicted octanol–water partition coefficient (Wildman–Crippen LogP) is 2.40. The van der Waals surface area contributed by atoms with E-state index in [1.54, 1.807) is 6.20 Å². The van der Waals surface area contributed by atoms with Gasteiger partial charge in [-0.1, -0.05) is 23.4 Å². The lowest BCUT2D eigenvalue weighted by Gasteiger charge is -2.02. The molecule has 1 fully saturated rings. The van der Waals surface area contributed by atoms with Crippen molar-refractivity contribution in [2.75, 3.05) is 6.54 Å². The number of carbonyl (C=O) groups excluding carboxylic acids is 1. The summed E-state index contributed by atoms with van der Waals surface area (Å²) in [5, 5.41) is 7.78. The van der Waals surface area contributed by atoms with Crippen molar-refractivity contribution < 1.29 is 9.32 Å². The molecule has 0 atom stereocenters. The van der Waals surface area contributed by atoms with Gasteiger partial charge in [0.15, 0.2) is 5.82 Å². The van der Waals surface area contributed by atoms with Crippen LogP contribution in [-0.2, 0) is 6.42 Å². The van der Waals surface area contributed by atoms with Gasteiger partial charge in [-0.25, -0.2) is 0 Å². The largest absolute Gasteiger partial charge is 0.360 e. The number of para-hydroxylation sites is 1. The molecule has 2 heterocycles. The highest BCUT2D eigenvalue weighted by atomic mass is 16.5. The average molecular weight is 296 g/mol. The Labute approximate surface area is 126 Å². The number of hydrogen-bond donors (Lipinski definition) is 2. The van der Waals surface area contributed by atoms with Crippen molar-refractivity contribution in [3.63, 3.8) is 0 Å². The van der Waals surface area contributed by atoms with E-state index in [0.29, 0.717) is 30.3 Å². The smallest absolute Gasteiger partial charge is 0.253 e. The highest BCUT2D eigenvalue weighted by Gasteiger charge is 2.28. The van der Waals surface area contributed by atoms with Crippen molar-refractivity contribution in [2.24, 2.45) is 0 Å². The van der Waals surface area contributed by atoms with Gasteiger partial charge in [0.2, 0.25) is 5.89 Å². The van der Waals surface area contributed by atoms with Crippen LogP contribution in [-0.4, -0.2) is 27.6 Å². The Morgan fingerprint density at radius 3 is 3.09 bits per heavy atom. The number of rotatable bonds is 5. The summed E-state index contributed by atoms with van der Waals surface area (Å²) >= 11 is 0. The highest BCUT2D eigenvalue weighted by Crippen LogP contribution is 2.38. The third-order valence-electron chi connectivity index (χ3n) is 3.88. The minimum atomic E-state index is -0.0978. The van der Waals surface area contributed by atoms with Crippen molar-refractivity contribution >= 4 is 16.8 Å². The third-order valence-corrected chi connectivity index (χ3v) is 3.88. The van der Waals surface area contributed by atoms with E-state index < -0.39 is 0 Å². The van der Waals surface area contributed by atoms with E-state index in [9.17, 15) is 4.79 Å². The predicted molar refractivity (Wildman–Crippen MR) is 80.6 cm³/mol. The average Bonchev–Trinajstić information content (AvgIpc) is 3.12. The lowest BCUT2D eigenvalue weighted by Crippen LogP contribution is -2.25. The van der Waals surface area contributed by atoms with Gasteiger partial charge in [0, 0.05) is 36.0 Å². The fraction of sp³-hybridized carbons (Fsp3) is 0.312. The molecule has 0 spiro atoms. The molecule has 0 radical (unpaired) electrons. The van der Waals surface area contributed by atoms with E-state index in [1.807, 2.05) is 24.3 Å². The molecule has 1 aliphatic rings. The van der Waals surface area contributed by atoms with Crippen molar-refractivity contribution in [3.8, 4) is 0 Å². The second-order valence-electron chi connectivity index (χ2n) is 5.57. The second kappa shape index (κ2) is 5.29. The number of H-pyrrole nitrogens is 1. The Balaban J connectivity index is 1.37. The summed E-state index contributed by atoms with van der Waals surface area (Å²) in [7, 11) is 0. The summed E-state index contributed by atoms with van der Waals surface area (Å²) in [6.07, 6.45) is 4.58. The van der Waals surface area contributed by atoms with E-state index in [2.05, 4.69) is 20.4 Å². The van der Waals surface area contributed by atoms with Gasteiger partial charge in [0.1, 0.15) is 0 Å². The summed E-state index contributed by atoms with van der Waals surface area (Å²) in [6, 6.07) is 7.74. The SMILES string of the molecule is O=C(NCCc1nc(C2CC2)no1)c1c[nH]c2ccccc12. The monoisotopic (exact) mass is 296 g/mol. The normalized spacial score (nSPS) is 14.4. The quantitative estimate of drug-likeness (QED) is 0.757. The fourth-order valence-corrected chi connectivity index (χ4v) is 2.51. The fourth-order valence-electron chi connectivity index (χ4n) is 2.51. The van der Waals surface area contributed by atoms with Gasteiger partial charge in [-0.15, -0.1) is 0 Å². The molecule has 22 heavy (non-hydrogen) atoms. The van der Waals surface area contributed by atoms with E-state index in [1.165, 1.54) is 0 Å². The number of nitrogens with zero attached hydrogens (tertiary/aromatic N) is 2. The first-order chi connectivity index (χ1) is 10.8. The zero-order chi connectivity index (χ0) is 14.9. The molecule has 3 aromatic rings. The van der Waals surface area contributed by atoms with E-state index in [0.717, 1.165) is 29.6 Å². The molecule has 0 bridgehead atoms. The van der Waals surface area contributed by atoms with Gasteiger partial charge >= 0.3 is 0 Å². The van der Waals surface area contributed by atoms with Crippen molar-refractivity contribution in [3.05, 3.63) is 47.7 Å². The topological polar surface area (TPSA) is 83.8 Å². The standard InChI is InChI=1S/C16H16N4O2/c21-16(12-9-18-13-4-2-1-3-11(12)13)17-8-7-14-19-15(20-22-14)10-5-6-10/h1-4,9-10,18H,5-8H2,(H,17,21). The molecule has 1 aromatic carbocycles. The number of amides is 1. The molecule has 1 amide bonds. The van der Waals surface area contributed by atoms with E-state index in [-0.39, 0.29) is 5.91 Å². The zero-order valence-corrected chi connectivity index (χ0v) is 12.0. The van der Waals surface area contributed by atoms with Crippen LogP contribution in [0.3, 0.4) is 0 Å². The van der Waals surface area contributed by atoms with Crippen molar-refractivity contribution in [1.82, 2.24) is 20.4 Å². The zero-order valence-electron chi connectivity index (χ0n) is 12.0. The summed E-state index contributed by atoms with van der Waals surface area (Å²) in [5.74, 6) is 1.77. The molecule has 0 aliphatic heterocycles. The Morgan fingerprint density at radius 2 is 2.23 bits per heavy atom. The Morgan fingerprint density at radius 1 is 1.36 bits per heavy atom. The maximum absolute atomic E-state index is 12.2. The Kier molecular flexibility index (Phi) is 3.14. The summed E-state index contributed by atoms with van der Waals surface area (Å²) < 4.78 is 5.19. The first kappa shape index (κ1) is 13.1. The number of fused-ring (bicyclic) bond motifs is 1. The number of benzene rings is 1. The molecule has 2 N–H and O–H groups in total. The molecule has 0 unspecified atom stereocenters. The number of hydrogen-bond acceptors (Lipinski definition) is 4. The summed E-state index contributed by atoms with van der Waals surface area (Å²) in [6.45, 7) is 0.477. The summed E-state index contributed by atoms with van der Waals surface area (Å²) in [5.41, 5.74) is 1.61. The van der Waals surface area contributed by atoms with Crippen LogP contribution in [0.5, 0.6) is 0 Å². The van der Waals surface area contributed by atoms with Crippen LogP contribution in [0.1, 0.15) is 40.8 Å². The lowest BCUT2D eigenvalue weighted by molar-refractivity contribution is 0.0955. The van der Waals surface area contributed by atoms with Crippen LogP contribution in [0.25, 0.3) is 10.9 Å². The van der Waals surface area contributed by atoms with Gasteiger partial charge < -0.3 is 14.8 Å². The second-order valence-corrected chi connectivity index (χ2v) is 5.57. The molecule has 112 valence electrons. The third kappa shape index (κ3) is 2.47. The number of carbonyl (C=O) groups is 1. The molecule has 1 aliphatic carbocycles. The first-order valence-corrected chi connectivity index (χ1v) is 7.48. The highest BCUT2D eigenvalue weighted by molar-refractivity contribution is 6.06. The number of nitrogens with one attached hydrogen (secondary N) is 2. The Hall–Kier alpha value is -2.63. The van der Waals surface area contributed by atoms with Gasteiger partial charge in [-0.05, 0) is 18.9 Å². The number of aromatic amines is 1.